The van der Waals surface area contributed by atoms with Crippen molar-refractivity contribution in [2.24, 2.45) is 0 Å². The fraction of sp³-hybridized carbons (Fsp3) is 0.526. The van der Waals surface area contributed by atoms with Crippen LogP contribution in [0.1, 0.15) is 58.8 Å². The number of aliphatic carboxylic acids is 1. The second-order valence-electron chi connectivity index (χ2n) is 5.45. The minimum absolute atomic E-state index is 0.0630. The van der Waals surface area contributed by atoms with E-state index in [1.165, 1.54) is 6.08 Å². The van der Waals surface area contributed by atoms with Gasteiger partial charge in [0.15, 0.2) is 15.1 Å². The number of hydrogen-bond donors (Lipinski definition) is 1. The summed E-state index contributed by atoms with van der Waals surface area (Å²) in [4.78, 5) is 10.9. The molecule has 0 aromatic heterocycles. The summed E-state index contributed by atoms with van der Waals surface area (Å²) in [6.45, 7) is 3.67. The SMILES string of the molecule is CCC=CCC=CCCCCC=CC=CS(=O)(=O)C(CC)C(=O)O. The van der Waals surface area contributed by atoms with Gasteiger partial charge in [0, 0.05) is 5.41 Å². The fourth-order valence-electron chi connectivity index (χ4n) is 2.05. The van der Waals surface area contributed by atoms with Crippen molar-refractivity contribution >= 4 is 15.8 Å². The molecule has 0 radical (unpaired) electrons. The van der Waals surface area contributed by atoms with Crippen LogP contribution in [-0.4, -0.2) is 24.7 Å². The van der Waals surface area contributed by atoms with Crippen molar-refractivity contribution in [3.05, 3.63) is 47.9 Å². The lowest BCUT2D eigenvalue weighted by atomic mass is 10.1. The highest BCUT2D eigenvalue weighted by Gasteiger charge is 2.27. The lowest BCUT2D eigenvalue weighted by Gasteiger charge is -2.06. The molecule has 24 heavy (non-hydrogen) atoms. The van der Waals surface area contributed by atoms with Gasteiger partial charge in [0.05, 0.1) is 0 Å². The van der Waals surface area contributed by atoms with Crippen molar-refractivity contribution in [3.63, 3.8) is 0 Å². The number of unbranched alkanes of at least 4 members (excludes halogenated alkanes) is 3. The third-order valence-electron chi connectivity index (χ3n) is 3.39. The van der Waals surface area contributed by atoms with Gasteiger partial charge in [-0.05, 0) is 44.9 Å². The van der Waals surface area contributed by atoms with Gasteiger partial charge in [-0.2, -0.15) is 0 Å². The number of rotatable bonds is 13. The van der Waals surface area contributed by atoms with Gasteiger partial charge >= 0.3 is 5.97 Å². The number of hydrogen-bond acceptors (Lipinski definition) is 3. The van der Waals surface area contributed by atoms with Gasteiger partial charge < -0.3 is 5.11 Å². The number of sulfone groups is 1. The Labute approximate surface area is 146 Å². The molecule has 0 saturated carbocycles. The van der Waals surface area contributed by atoms with E-state index in [-0.39, 0.29) is 6.42 Å². The molecule has 0 bridgehead atoms. The fourth-order valence-corrected chi connectivity index (χ4v) is 3.30. The molecule has 1 N–H and O–H groups in total. The topological polar surface area (TPSA) is 71.4 Å². The van der Waals surface area contributed by atoms with Crippen LogP contribution in [0.15, 0.2) is 47.9 Å². The van der Waals surface area contributed by atoms with Gasteiger partial charge in [0.25, 0.3) is 0 Å². The minimum atomic E-state index is -3.73. The summed E-state index contributed by atoms with van der Waals surface area (Å²) in [6.07, 6.45) is 19.8. The average Bonchev–Trinajstić information content (AvgIpc) is 2.51. The van der Waals surface area contributed by atoms with E-state index in [1.807, 2.05) is 6.08 Å². The summed E-state index contributed by atoms with van der Waals surface area (Å²) >= 11 is 0. The number of carboxylic acids is 1. The Morgan fingerprint density at radius 3 is 2.17 bits per heavy atom. The van der Waals surface area contributed by atoms with Crippen LogP contribution in [0.25, 0.3) is 0 Å². The lowest BCUT2D eigenvalue weighted by Crippen LogP contribution is -2.27. The minimum Gasteiger partial charge on any atom is -0.480 e. The van der Waals surface area contributed by atoms with E-state index in [0.717, 1.165) is 43.9 Å². The maximum atomic E-state index is 11.8. The summed E-state index contributed by atoms with van der Waals surface area (Å²) in [5.41, 5.74) is 0. The van der Waals surface area contributed by atoms with Crippen LogP contribution in [0.3, 0.4) is 0 Å². The van der Waals surface area contributed by atoms with E-state index in [0.29, 0.717) is 0 Å². The van der Waals surface area contributed by atoms with E-state index in [4.69, 9.17) is 5.11 Å². The maximum Gasteiger partial charge on any atom is 0.322 e. The van der Waals surface area contributed by atoms with Crippen LogP contribution < -0.4 is 0 Å². The molecule has 0 heterocycles. The Kier molecular flexibility index (Phi) is 12.9. The molecule has 0 amide bonds. The van der Waals surface area contributed by atoms with Crippen LogP contribution in [0.2, 0.25) is 0 Å². The van der Waals surface area contributed by atoms with Gasteiger partial charge in [0.1, 0.15) is 0 Å². The summed E-state index contributed by atoms with van der Waals surface area (Å²) in [5.74, 6) is -1.30. The Morgan fingerprint density at radius 1 is 0.958 bits per heavy atom. The molecule has 1 unspecified atom stereocenters. The number of carbonyl (C=O) groups is 1. The van der Waals surface area contributed by atoms with Crippen molar-refractivity contribution in [1.29, 1.82) is 0 Å². The van der Waals surface area contributed by atoms with Gasteiger partial charge in [-0.15, -0.1) is 0 Å². The van der Waals surface area contributed by atoms with Crippen molar-refractivity contribution < 1.29 is 18.3 Å². The van der Waals surface area contributed by atoms with Gasteiger partial charge in [-0.1, -0.05) is 56.4 Å². The molecule has 5 heteroatoms. The third kappa shape index (κ3) is 11.0. The molecule has 4 nitrogen and oxygen atoms in total. The zero-order chi connectivity index (χ0) is 18.3. The second-order valence-corrected chi connectivity index (χ2v) is 7.47. The van der Waals surface area contributed by atoms with E-state index in [2.05, 4.69) is 31.2 Å². The second kappa shape index (κ2) is 13.8. The molecule has 0 fully saturated rings. The van der Waals surface area contributed by atoms with E-state index >= 15 is 0 Å². The molecule has 0 aliphatic carbocycles. The third-order valence-corrected chi connectivity index (χ3v) is 5.26. The highest BCUT2D eigenvalue weighted by molar-refractivity contribution is 7.95. The average molecular weight is 355 g/mol. The predicted octanol–water partition coefficient (Wildman–Crippen LogP) is 4.81. The summed E-state index contributed by atoms with van der Waals surface area (Å²) < 4.78 is 23.6. The zero-order valence-corrected chi connectivity index (χ0v) is 15.5. The quantitative estimate of drug-likeness (QED) is 0.293. The Balaban J connectivity index is 3.97. The van der Waals surface area contributed by atoms with Crippen LogP contribution in [0.5, 0.6) is 0 Å². The van der Waals surface area contributed by atoms with Crippen LogP contribution in [0, 0.1) is 0 Å². The number of allylic oxidation sites excluding steroid dienone is 7. The molecule has 0 aliphatic rings. The molecule has 0 aliphatic heterocycles. The van der Waals surface area contributed by atoms with Crippen molar-refractivity contribution in [1.82, 2.24) is 0 Å². The first kappa shape index (κ1) is 22.4. The van der Waals surface area contributed by atoms with Crippen LogP contribution in [0.4, 0.5) is 0 Å². The van der Waals surface area contributed by atoms with Crippen molar-refractivity contribution in [2.75, 3.05) is 0 Å². The molecule has 1 atom stereocenters. The van der Waals surface area contributed by atoms with Crippen molar-refractivity contribution in [2.45, 2.75) is 64.0 Å². The zero-order valence-electron chi connectivity index (χ0n) is 14.7. The van der Waals surface area contributed by atoms with Gasteiger partial charge in [-0.25, -0.2) is 8.42 Å². The van der Waals surface area contributed by atoms with Gasteiger partial charge in [-0.3, -0.25) is 4.79 Å². The Morgan fingerprint density at radius 2 is 1.58 bits per heavy atom. The largest absolute Gasteiger partial charge is 0.480 e. The smallest absolute Gasteiger partial charge is 0.322 e. The normalized spacial score (nSPS) is 14.4. The first-order valence-corrected chi connectivity index (χ1v) is 10.2. The summed E-state index contributed by atoms with van der Waals surface area (Å²) in [7, 11) is -3.73. The molecule has 0 aromatic rings. The van der Waals surface area contributed by atoms with E-state index in [9.17, 15) is 13.2 Å². The first-order valence-electron chi connectivity index (χ1n) is 8.55. The lowest BCUT2D eigenvalue weighted by molar-refractivity contribution is -0.136. The predicted molar refractivity (Wildman–Crippen MR) is 101 cm³/mol. The maximum absolute atomic E-state index is 11.8. The van der Waals surface area contributed by atoms with E-state index in [1.54, 1.807) is 13.0 Å². The Bertz CT molecular complexity index is 554. The first-order chi connectivity index (χ1) is 11.5. The molecule has 0 saturated heterocycles. The molecular formula is C19H30O4S. The number of carboxylic acid groups (broad SMARTS) is 1. The summed E-state index contributed by atoms with van der Waals surface area (Å²) in [5, 5.41) is 8.50. The monoisotopic (exact) mass is 354 g/mol. The molecule has 0 spiro atoms. The highest BCUT2D eigenvalue weighted by atomic mass is 32.2. The Hall–Kier alpha value is -1.62. The van der Waals surface area contributed by atoms with Crippen LogP contribution >= 0.6 is 0 Å². The van der Waals surface area contributed by atoms with Crippen LogP contribution in [-0.2, 0) is 14.6 Å². The standard InChI is InChI=1S/C19H30O4S/c1-3-5-6-7-8-9-10-11-12-13-14-15-16-17-24(22,23)18(4-2)19(20)21/h5-6,8-9,14-18H,3-4,7,10-13H2,1-2H3,(H,20,21). The van der Waals surface area contributed by atoms with E-state index < -0.39 is 21.1 Å². The van der Waals surface area contributed by atoms with Crippen molar-refractivity contribution in [3.8, 4) is 0 Å². The molecular weight excluding hydrogens is 324 g/mol. The highest BCUT2D eigenvalue weighted by Crippen LogP contribution is 2.09. The molecule has 136 valence electrons. The molecule has 0 rings (SSSR count). The van der Waals surface area contributed by atoms with Gasteiger partial charge in [0.2, 0.25) is 0 Å². The molecule has 0 aromatic carbocycles. The summed E-state index contributed by atoms with van der Waals surface area (Å²) in [6, 6.07) is 0.